The normalized spacial score (nSPS) is 10.3. The summed E-state index contributed by atoms with van der Waals surface area (Å²) < 4.78 is 10.5. The standard InChI is InChI=1S/C16H14N4O3/c1-2-22-16-13(7-4-8-17-16)14(21)19-12-6-3-5-11(9-12)15-20-18-10-23-15/h3-10H,2H2,1H3,(H,19,21). The Morgan fingerprint density at radius 3 is 3.00 bits per heavy atom. The number of nitrogens with one attached hydrogen (secondary N) is 1. The van der Waals surface area contributed by atoms with Crippen LogP contribution in [0.25, 0.3) is 11.5 Å². The van der Waals surface area contributed by atoms with Crippen LogP contribution in [-0.4, -0.2) is 27.7 Å². The fourth-order valence-electron chi connectivity index (χ4n) is 2.04. The molecule has 2 aromatic heterocycles. The zero-order chi connectivity index (χ0) is 16.1. The number of ether oxygens (including phenoxy) is 1. The average molecular weight is 310 g/mol. The van der Waals surface area contributed by atoms with Crippen LogP contribution in [0, 0.1) is 0 Å². The predicted octanol–water partition coefficient (Wildman–Crippen LogP) is 2.78. The number of amides is 1. The first-order chi connectivity index (χ1) is 11.3. The van der Waals surface area contributed by atoms with Gasteiger partial charge in [-0.3, -0.25) is 4.79 Å². The minimum Gasteiger partial charge on any atom is -0.477 e. The third kappa shape index (κ3) is 3.34. The van der Waals surface area contributed by atoms with Gasteiger partial charge in [0, 0.05) is 17.4 Å². The largest absolute Gasteiger partial charge is 0.477 e. The van der Waals surface area contributed by atoms with Gasteiger partial charge in [0.25, 0.3) is 5.91 Å². The smallest absolute Gasteiger partial charge is 0.261 e. The second kappa shape index (κ2) is 6.69. The number of pyridine rings is 1. The molecule has 1 N–H and O–H groups in total. The number of anilines is 1. The van der Waals surface area contributed by atoms with Crippen molar-refractivity contribution >= 4 is 11.6 Å². The molecule has 23 heavy (non-hydrogen) atoms. The molecule has 1 amide bonds. The number of aromatic nitrogens is 3. The number of carbonyl (C=O) groups is 1. The van der Waals surface area contributed by atoms with Crippen molar-refractivity contribution in [3.63, 3.8) is 0 Å². The maximum Gasteiger partial charge on any atom is 0.261 e. The van der Waals surface area contributed by atoms with Crippen molar-refractivity contribution in [3.05, 3.63) is 54.6 Å². The van der Waals surface area contributed by atoms with Gasteiger partial charge in [-0.1, -0.05) is 6.07 Å². The van der Waals surface area contributed by atoms with Crippen molar-refractivity contribution in [3.8, 4) is 17.3 Å². The SMILES string of the molecule is CCOc1ncccc1C(=O)Nc1cccc(-c2nnco2)c1. The number of hydrogen-bond donors (Lipinski definition) is 1. The molecule has 116 valence electrons. The van der Waals surface area contributed by atoms with Gasteiger partial charge in [-0.05, 0) is 37.3 Å². The Morgan fingerprint density at radius 2 is 2.22 bits per heavy atom. The van der Waals surface area contributed by atoms with Gasteiger partial charge in [0.05, 0.1) is 6.61 Å². The molecule has 0 saturated carbocycles. The van der Waals surface area contributed by atoms with Crippen LogP contribution >= 0.6 is 0 Å². The Morgan fingerprint density at radius 1 is 1.30 bits per heavy atom. The van der Waals surface area contributed by atoms with Crippen LogP contribution in [0.2, 0.25) is 0 Å². The van der Waals surface area contributed by atoms with Crippen LogP contribution in [0.5, 0.6) is 5.88 Å². The molecule has 0 unspecified atom stereocenters. The van der Waals surface area contributed by atoms with Gasteiger partial charge in [-0.2, -0.15) is 0 Å². The maximum absolute atomic E-state index is 12.4. The average Bonchev–Trinajstić information content (AvgIpc) is 3.10. The van der Waals surface area contributed by atoms with Gasteiger partial charge in [-0.25, -0.2) is 4.98 Å². The summed E-state index contributed by atoms with van der Waals surface area (Å²) in [6, 6.07) is 10.5. The Bertz CT molecular complexity index is 803. The zero-order valence-electron chi connectivity index (χ0n) is 12.4. The van der Waals surface area contributed by atoms with E-state index in [1.54, 1.807) is 36.5 Å². The van der Waals surface area contributed by atoms with Gasteiger partial charge in [0.1, 0.15) is 5.56 Å². The zero-order valence-corrected chi connectivity index (χ0v) is 12.4. The molecule has 0 aliphatic heterocycles. The first-order valence-electron chi connectivity index (χ1n) is 7.03. The molecule has 7 nitrogen and oxygen atoms in total. The number of nitrogens with zero attached hydrogens (tertiary/aromatic N) is 3. The molecule has 0 atom stereocenters. The predicted molar refractivity (Wildman–Crippen MR) is 83.1 cm³/mol. The topological polar surface area (TPSA) is 90.1 Å². The van der Waals surface area contributed by atoms with Gasteiger partial charge >= 0.3 is 0 Å². The van der Waals surface area contributed by atoms with Gasteiger partial charge in [-0.15, -0.1) is 10.2 Å². The van der Waals surface area contributed by atoms with E-state index in [9.17, 15) is 4.79 Å². The first-order valence-corrected chi connectivity index (χ1v) is 7.03. The summed E-state index contributed by atoms with van der Waals surface area (Å²) in [6.45, 7) is 2.27. The van der Waals surface area contributed by atoms with Gasteiger partial charge in [0.15, 0.2) is 0 Å². The van der Waals surface area contributed by atoms with E-state index in [-0.39, 0.29) is 5.91 Å². The lowest BCUT2D eigenvalue weighted by molar-refractivity contribution is 0.102. The number of benzene rings is 1. The highest BCUT2D eigenvalue weighted by Crippen LogP contribution is 2.22. The maximum atomic E-state index is 12.4. The molecule has 0 spiro atoms. The molecule has 0 aliphatic rings. The molecule has 0 saturated heterocycles. The molecule has 0 bridgehead atoms. The van der Waals surface area contributed by atoms with Crippen LogP contribution < -0.4 is 10.1 Å². The third-order valence-electron chi connectivity index (χ3n) is 3.02. The fraction of sp³-hybridized carbons (Fsp3) is 0.125. The molecule has 2 heterocycles. The highest BCUT2D eigenvalue weighted by atomic mass is 16.5. The minimum absolute atomic E-state index is 0.302. The first kappa shape index (κ1) is 14.7. The fourth-order valence-corrected chi connectivity index (χ4v) is 2.04. The lowest BCUT2D eigenvalue weighted by atomic mass is 10.2. The Hall–Kier alpha value is -3.22. The molecule has 3 aromatic rings. The monoisotopic (exact) mass is 310 g/mol. The van der Waals surface area contributed by atoms with Crippen LogP contribution in [0.1, 0.15) is 17.3 Å². The number of hydrogen-bond acceptors (Lipinski definition) is 6. The quantitative estimate of drug-likeness (QED) is 0.779. The van der Waals surface area contributed by atoms with E-state index in [1.807, 2.05) is 13.0 Å². The molecule has 0 fully saturated rings. The molecular weight excluding hydrogens is 296 g/mol. The lowest BCUT2D eigenvalue weighted by Crippen LogP contribution is -2.14. The van der Waals surface area contributed by atoms with E-state index in [0.29, 0.717) is 29.6 Å². The van der Waals surface area contributed by atoms with Crippen LogP contribution in [0.4, 0.5) is 5.69 Å². The number of rotatable bonds is 5. The summed E-state index contributed by atoms with van der Waals surface area (Å²) in [5.74, 6) is 0.391. The third-order valence-corrected chi connectivity index (χ3v) is 3.02. The Kier molecular flexibility index (Phi) is 4.28. The van der Waals surface area contributed by atoms with Crippen molar-refractivity contribution < 1.29 is 13.9 Å². The van der Waals surface area contributed by atoms with E-state index >= 15 is 0 Å². The van der Waals surface area contributed by atoms with Crippen LogP contribution in [0.3, 0.4) is 0 Å². The lowest BCUT2D eigenvalue weighted by Gasteiger charge is -2.09. The van der Waals surface area contributed by atoms with Gasteiger partial charge in [0.2, 0.25) is 18.2 Å². The highest BCUT2D eigenvalue weighted by molar-refractivity contribution is 6.06. The Balaban J connectivity index is 1.82. The second-order valence-corrected chi connectivity index (χ2v) is 4.57. The summed E-state index contributed by atoms with van der Waals surface area (Å²) in [5.41, 5.74) is 1.70. The van der Waals surface area contributed by atoms with E-state index in [4.69, 9.17) is 9.15 Å². The van der Waals surface area contributed by atoms with E-state index in [2.05, 4.69) is 20.5 Å². The summed E-state index contributed by atoms with van der Waals surface area (Å²) in [4.78, 5) is 16.5. The molecule has 7 heteroatoms. The molecule has 1 aromatic carbocycles. The molecule has 3 rings (SSSR count). The summed E-state index contributed by atoms with van der Waals surface area (Å²) in [5, 5.41) is 10.3. The number of carbonyl (C=O) groups excluding carboxylic acids is 1. The Labute approximate surface area is 132 Å². The van der Waals surface area contributed by atoms with Crippen molar-refractivity contribution in [2.24, 2.45) is 0 Å². The van der Waals surface area contributed by atoms with E-state index < -0.39 is 0 Å². The second-order valence-electron chi connectivity index (χ2n) is 4.57. The van der Waals surface area contributed by atoms with E-state index in [1.165, 1.54) is 6.39 Å². The molecule has 0 radical (unpaired) electrons. The van der Waals surface area contributed by atoms with E-state index in [0.717, 1.165) is 5.56 Å². The minimum atomic E-state index is -0.302. The van der Waals surface area contributed by atoms with Crippen molar-refractivity contribution in [1.29, 1.82) is 0 Å². The highest BCUT2D eigenvalue weighted by Gasteiger charge is 2.14. The van der Waals surface area contributed by atoms with Crippen molar-refractivity contribution in [2.75, 3.05) is 11.9 Å². The summed E-state index contributed by atoms with van der Waals surface area (Å²) in [7, 11) is 0. The molecule has 0 aliphatic carbocycles. The summed E-state index contributed by atoms with van der Waals surface area (Å²) in [6.07, 6.45) is 2.84. The van der Waals surface area contributed by atoms with Crippen molar-refractivity contribution in [1.82, 2.24) is 15.2 Å². The molecular formula is C16H14N4O3. The van der Waals surface area contributed by atoms with Crippen molar-refractivity contribution in [2.45, 2.75) is 6.92 Å². The van der Waals surface area contributed by atoms with Gasteiger partial charge < -0.3 is 14.5 Å². The van der Waals surface area contributed by atoms with Crippen LogP contribution in [-0.2, 0) is 0 Å². The van der Waals surface area contributed by atoms with Crippen LogP contribution in [0.15, 0.2) is 53.4 Å². The summed E-state index contributed by atoms with van der Waals surface area (Å²) >= 11 is 0.